The lowest BCUT2D eigenvalue weighted by atomic mass is 10.1. The van der Waals surface area contributed by atoms with Gasteiger partial charge in [0.15, 0.2) is 0 Å². The summed E-state index contributed by atoms with van der Waals surface area (Å²) in [5, 5.41) is 0. The Morgan fingerprint density at radius 2 is 2.30 bits per heavy atom. The van der Waals surface area contributed by atoms with Crippen molar-refractivity contribution in [2.24, 2.45) is 0 Å². The van der Waals surface area contributed by atoms with Crippen LogP contribution < -0.4 is 0 Å². The van der Waals surface area contributed by atoms with Gasteiger partial charge in [0.2, 0.25) is 0 Å². The topological polar surface area (TPSA) is 58.2 Å². The Balaban J connectivity index is 2.24. The Bertz CT molecular complexity index is 579. The second kappa shape index (κ2) is 6.52. The van der Waals surface area contributed by atoms with Crippen LogP contribution >= 0.6 is 0 Å². The van der Waals surface area contributed by atoms with Crippen molar-refractivity contribution in [1.82, 2.24) is 14.9 Å². The van der Waals surface area contributed by atoms with Crippen molar-refractivity contribution in [1.29, 1.82) is 0 Å². The molecule has 0 saturated carbocycles. The highest BCUT2D eigenvalue weighted by molar-refractivity contribution is 5.97. The molecule has 20 heavy (non-hydrogen) atoms. The summed E-state index contributed by atoms with van der Waals surface area (Å²) in [6.07, 6.45) is 2.55. The van der Waals surface area contributed by atoms with E-state index >= 15 is 0 Å². The Morgan fingerprint density at radius 3 is 3.00 bits per heavy atom. The molecule has 1 N–H and O–H groups in total. The number of hydrogen-bond donors (Lipinski definition) is 1. The summed E-state index contributed by atoms with van der Waals surface area (Å²) in [6, 6.07) is 5.74. The fourth-order valence-electron chi connectivity index (χ4n) is 2.17. The van der Waals surface area contributed by atoms with Gasteiger partial charge in [-0.3, -0.25) is 4.79 Å². The van der Waals surface area contributed by atoms with Crippen LogP contribution in [0.3, 0.4) is 0 Å². The predicted molar refractivity (Wildman–Crippen MR) is 78.8 cm³/mol. The van der Waals surface area contributed by atoms with Gasteiger partial charge in [0.1, 0.15) is 0 Å². The number of methoxy groups -OCH3 is 1. The minimum Gasteiger partial charge on any atom is -0.383 e. The van der Waals surface area contributed by atoms with E-state index in [9.17, 15) is 4.79 Å². The van der Waals surface area contributed by atoms with Gasteiger partial charge < -0.3 is 14.6 Å². The van der Waals surface area contributed by atoms with E-state index in [1.807, 2.05) is 23.1 Å². The Labute approximate surface area is 118 Å². The maximum atomic E-state index is 12.7. The molecule has 1 amide bonds. The third kappa shape index (κ3) is 2.99. The quantitative estimate of drug-likeness (QED) is 0.881. The van der Waals surface area contributed by atoms with Crippen LogP contribution in [0.4, 0.5) is 0 Å². The lowest BCUT2D eigenvalue weighted by molar-refractivity contribution is 0.0614. The molecule has 0 bridgehead atoms. The molecule has 5 heteroatoms. The van der Waals surface area contributed by atoms with Crippen molar-refractivity contribution in [3.8, 4) is 0 Å². The van der Waals surface area contributed by atoms with E-state index in [0.29, 0.717) is 18.7 Å². The SMILES string of the molecule is CCC(C)N(CCOC)C(=O)c1ccc2nc[nH]c2c1. The fraction of sp³-hybridized carbons (Fsp3) is 0.467. The molecule has 2 aromatic rings. The average Bonchev–Trinajstić information content (AvgIpc) is 2.94. The molecule has 0 radical (unpaired) electrons. The van der Waals surface area contributed by atoms with Crippen molar-refractivity contribution in [3.05, 3.63) is 30.1 Å². The van der Waals surface area contributed by atoms with Gasteiger partial charge in [-0.05, 0) is 31.5 Å². The number of imidazole rings is 1. The Hall–Kier alpha value is -1.88. The van der Waals surface area contributed by atoms with Gasteiger partial charge >= 0.3 is 0 Å². The molecule has 0 fully saturated rings. The van der Waals surface area contributed by atoms with Crippen LogP contribution in [0, 0.1) is 0 Å². The monoisotopic (exact) mass is 275 g/mol. The van der Waals surface area contributed by atoms with E-state index in [4.69, 9.17) is 4.74 Å². The minimum absolute atomic E-state index is 0.0351. The fourth-order valence-corrected chi connectivity index (χ4v) is 2.17. The van der Waals surface area contributed by atoms with E-state index in [1.165, 1.54) is 0 Å². The van der Waals surface area contributed by atoms with Gasteiger partial charge in [0.25, 0.3) is 5.91 Å². The number of aromatic amines is 1. The molecule has 5 nitrogen and oxygen atoms in total. The number of ether oxygens (including phenoxy) is 1. The summed E-state index contributed by atoms with van der Waals surface area (Å²) < 4.78 is 5.10. The molecular weight excluding hydrogens is 254 g/mol. The maximum absolute atomic E-state index is 12.7. The zero-order chi connectivity index (χ0) is 14.5. The number of nitrogens with zero attached hydrogens (tertiary/aromatic N) is 2. The highest BCUT2D eigenvalue weighted by atomic mass is 16.5. The molecule has 0 aliphatic heterocycles. The molecule has 1 aromatic heterocycles. The number of benzene rings is 1. The lowest BCUT2D eigenvalue weighted by Gasteiger charge is -2.28. The van der Waals surface area contributed by atoms with Crippen molar-refractivity contribution in [2.45, 2.75) is 26.3 Å². The van der Waals surface area contributed by atoms with E-state index in [0.717, 1.165) is 17.5 Å². The van der Waals surface area contributed by atoms with Crippen LogP contribution in [0.1, 0.15) is 30.6 Å². The number of aromatic nitrogens is 2. The zero-order valence-corrected chi connectivity index (χ0v) is 12.2. The van der Waals surface area contributed by atoms with Crippen molar-refractivity contribution in [2.75, 3.05) is 20.3 Å². The molecule has 1 unspecified atom stereocenters. The molecule has 108 valence electrons. The van der Waals surface area contributed by atoms with Crippen LogP contribution in [0.15, 0.2) is 24.5 Å². The average molecular weight is 275 g/mol. The standard InChI is InChI=1S/C15H21N3O2/c1-4-11(2)18(7-8-20-3)15(19)12-5-6-13-14(9-12)17-10-16-13/h5-6,9-11H,4,7-8H2,1-3H3,(H,16,17). The van der Waals surface area contributed by atoms with E-state index in [2.05, 4.69) is 23.8 Å². The summed E-state index contributed by atoms with van der Waals surface area (Å²) >= 11 is 0. The first-order valence-corrected chi connectivity index (χ1v) is 6.90. The second-order valence-electron chi connectivity index (χ2n) is 4.88. The summed E-state index contributed by atoms with van der Waals surface area (Å²) in [5.41, 5.74) is 2.43. The summed E-state index contributed by atoms with van der Waals surface area (Å²) in [7, 11) is 1.65. The minimum atomic E-state index is 0.0351. The summed E-state index contributed by atoms with van der Waals surface area (Å²) in [5.74, 6) is 0.0351. The number of amides is 1. The third-order valence-electron chi connectivity index (χ3n) is 3.59. The number of H-pyrrole nitrogens is 1. The Kier molecular flexibility index (Phi) is 4.74. The van der Waals surface area contributed by atoms with Gasteiger partial charge in [-0.2, -0.15) is 0 Å². The molecule has 1 atom stereocenters. The van der Waals surface area contributed by atoms with Gasteiger partial charge in [-0.1, -0.05) is 6.92 Å². The van der Waals surface area contributed by atoms with Gasteiger partial charge in [-0.15, -0.1) is 0 Å². The largest absolute Gasteiger partial charge is 0.383 e. The van der Waals surface area contributed by atoms with Crippen LogP contribution in [0.2, 0.25) is 0 Å². The predicted octanol–water partition coefficient (Wildman–Crippen LogP) is 2.45. The lowest BCUT2D eigenvalue weighted by Crippen LogP contribution is -2.40. The Morgan fingerprint density at radius 1 is 1.50 bits per heavy atom. The highest BCUT2D eigenvalue weighted by Gasteiger charge is 2.20. The first-order chi connectivity index (χ1) is 9.67. The van der Waals surface area contributed by atoms with Gasteiger partial charge in [-0.25, -0.2) is 4.98 Å². The van der Waals surface area contributed by atoms with E-state index in [1.54, 1.807) is 13.4 Å². The van der Waals surface area contributed by atoms with Crippen LogP contribution in [-0.4, -0.2) is 47.1 Å². The third-order valence-corrected chi connectivity index (χ3v) is 3.59. The molecule has 0 saturated heterocycles. The number of fused-ring (bicyclic) bond motifs is 1. The number of nitrogens with one attached hydrogen (secondary N) is 1. The van der Waals surface area contributed by atoms with Crippen molar-refractivity contribution in [3.63, 3.8) is 0 Å². The summed E-state index contributed by atoms with van der Waals surface area (Å²) in [4.78, 5) is 21.7. The van der Waals surface area contributed by atoms with Gasteiger partial charge in [0, 0.05) is 25.3 Å². The normalized spacial score (nSPS) is 12.6. The zero-order valence-electron chi connectivity index (χ0n) is 12.2. The van der Waals surface area contributed by atoms with E-state index < -0.39 is 0 Å². The number of carbonyl (C=O) groups excluding carboxylic acids is 1. The molecule has 1 aromatic carbocycles. The van der Waals surface area contributed by atoms with Gasteiger partial charge in [0.05, 0.1) is 24.0 Å². The molecular formula is C15H21N3O2. The summed E-state index contributed by atoms with van der Waals surface area (Å²) in [6.45, 7) is 5.28. The maximum Gasteiger partial charge on any atom is 0.254 e. The highest BCUT2D eigenvalue weighted by Crippen LogP contribution is 2.15. The molecule has 0 spiro atoms. The number of hydrogen-bond acceptors (Lipinski definition) is 3. The second-order valence-corrected chi connectivity index (χ2v) is 4.88. The molecule has 0 aliphatic rings. The van der Waals surface area contributed by atoms with Crippen LogP contribution in [0.5, 0.6) is 0 Å². The molecule has 0 aliphatic carbocycles. The van der Waals surface area contributed by atoms with Crippen LogP contribution in [0.25, 0.3) is 11.0 Å². The van der Waals surface area contributed by atoms with E-state index in [-0.39, 0.29) is 11.9 Å². The van der Waals surface area contributed by atoms with Crippen molar-refractivity contribution < 1.29 is 9.53 Å². The molecule has 1 heterocycles. The molecule has 2 rings (SSSR count). The van der Waals surface area contributed by atoms with Crippen LogP contribution in [-0.2, 0) is 4.74 Å². The smallest absolute Gasteiger partial charge is 0.254 e. The first-order valence-electron chi connectivity index (χ1n) is 6.90. The first kappa shape index (κ1) is 14.5. The number of rotatable bonds is 6. The number of carbonyl (C=O) groups is 1. The van der Waals surface area contributed by atoms with Crippen molar-refractivity contribution >= 4 is 16.9 Å².